The predicted octanol–water partition coefficient (Wildman–Crippen LogP) is 3.16. The number of aliphatic imine (C=N–C) groups is 1. The molecule has 0 amide bonds. The maximum absolute atomic E-state index is 6.11. The number of guanidine groups is 1. The summed E-state index contributed by atoms with van der Waals surface area (Å²) in [7, 11) is 0. The Balaban J connectivity index is 0.00000192. The van der Waals surface area contributed by atoms with Gasteiger partial charge < -0.3 is 15.5 Å². The van der Waals surface area contributed by atoms with Gasteiger partial charge >= 0.3 is 0 Å². The summed E-state index contributed by atoms with van der Waals surface area (Å²) in [6, 6.07) is 8.81. The standard InChI is InChI=1S/C17H26N4S.HI/c18-17(21-8-2-1-3-9-21)19-14-15-4-6-16(7-5-15)20-10-12-22-13-11-20;/h4-7H,1-3,8-14H2,(H2,18,19);1H. The van der Waals surface area contributed by atoms with Gasteiger partial charge in [-0.1, -0.05) is 12.1 Å². The molecule has 2 N–H and O–H groups in total. The van der Waals surface area contributed by atoms with Crippen molar-refractivity contribution in [2.45, 2.75) is 25.8 Å². The molecule has 2 aliphatic heterocycles. The number of hydrogen-bond acceptors (Lipinski definition) is 3. The van der Waals surface area contributed by atoms with E-state index < -0.39 is 0 Å². The number of halogens is 1. The lowest BCUT2D eigenvalue weighted by atomic mass is 10.1. The zero-order valence-electron chi connectivity index (χ0n) is 13.6. The van der Waals surface area contributed by atoms with Gasteiger partial charge in [0.25, 0.3) is 0 Å². The molecule has 2 saturated heterocycles. The van der Waals surface area contributed by atoms with Gasteiger partial charge in [-0.05, 0) is 37.0 Å². The molecule has 0 aliphatic carbocycles. The number of nitrogens with zero attached hydrogens (tertiary/aromatic N) is 3. The number of hydrogen-bond donors (Lipinski definition) is 1. The van der Waals surface area contributed by atoms with Gasteiger partial charge in [0.15, 0.2) is 5.96 Å². The third-order valence-corrected chi connectivity index (χ3v) is 5.36. The van der Waals surface area contributed by atoms with Crippen LogP contribution in [0.25, 0.3) is 0 Å². The molecule has 1 aromatic carbocycles. The van der Waals surface area contributed by atoms with Crippen molar-refractivity contribution in [1.82, 2.24) is 4.90 Å². The summed E-state index contributed by atoms with van der Waals surface area (Å²) in [5.41, 5.74) is 8.67. The van der Waals surface area contributed by atoms with E-state index in [4.69, 9.17) is 5.73 Å². The smallest absolute Gasteiger partial charge is 0.191 e. The molecule has 2 aliphatic rings. The molecule has 0 unspecified atom stereocenters. The summed E-state index contributed by atoms with van der Waals surface area (Å²) >= 11 is 2.04. The van der Waals surface area contributed by atoms with Crippen molar-refractivity contribution in [1.29, 1.82) is 0 Å². The first-order valence-electron chi connectivity index (χ1n) is 8.29. The highest BCUT2D eigenvalue weighted by Crippen LogP contribution is 2.20. The van der Waals surface area contributed by atoms with Crippen LogP contribution in [0.3, 0.4) is 0 Å². The molecule has 2 heterocycles. The Morgan fingerprint density at radius 3 is 2.30 bits per heavy atom. The Labute approximate surface area is 160 Å². The zero-order chi connectivity index (χ0) is 15.2. The Bertz CT molecular complexity index is 494. The summed E-state index contributed by atoms with van der Waals surface area (Å²) in [5, 5.41) is 0. The van der Waals surface area contributed by atoms with Crippen LogP contribution in [0, 0.1) is 0 Å². The van der Waals surface area contributed by atoms with Crippen LogP contribution in [0.5, 0.6) is 0 Å². The number of nitrogens with two attached hydrogens (primary N) is 1. The zero-order valence-corrected chi connectivity index (χ0v) is 16.8. The number of benzene rings is 1. The van der Waals surface area contributed by atoms with E-state index in [-0.39, 0.29) is 24.0 Å². The van der Waals surface area contributed by atoms with Crippen molar-refractivity contribution in [2.24, 2.45) is 10.7 Å². The molecular formula is C17H27IN4S. The number of piperidine rings is 1. The fourth-order valence-corrected chi connectivity index (χ4v) is 3.93. The van der Waals surface area contributed by atoms with E-state index in [1.165, 1.54) is 42.0 Å². The van der Waals surface area contributed by atoms with Crippen molar-refractivity contribution < 1.29 is 0 Å². The highest BCUT2D eigenvalue weighted by Gasteiger charge is 2.12. The Kier molecular flexibility index (Phi) is 7.82. The number of anilines is 1. The van der Waals surface area contributed by atoms with Crippen molar-refractivity contribution in [3.8, 4) is 0 Å². The Hall–Kier alpha value is -0.630. The first kappa shape index (κ1) is 18.7. The van der Waals surface area contributed by atoms with E-state index in [0.717, 1.165) is 26.2 Å². The maximum Gasteiger partial charge on any atom is 0.191 e. The number of rotatable bonds is 3. The SMILES string of the molecule is I.NC(=NCc1ccc(N2CCSCC2)cc1)N1CCCCC1. The van der Waals surface area contributed by atoms with E-state index >= 15 is 0 Å². The molecule has 4 nitrogen and oxygen atoms in total. The molecule has 1 aromatic rings. The molecule has 6 heteroatoms. The van der Waals surface area contributed by atoms with Gasteiger partial charge in [0, 0.05) is 43.4 Å². The molecule has 3 rings (SSSR count). The van der Waals surface area contributed by atoms with E-state index in [1.54, 1.807) is 0 Å². The van der Waals surface area contributed by atoms with Crippen LogP contribution in [-0.4, -0.2) is 48.5 Å². The summed E-state index contributed by atoms with van der Waals surface area (Å²) in [6.45, 7) is 5.11. The van der Waals surface area contributed by atoms with E-state index in [1.807, 2.05) is 11.8 Å². The van der Waals surface area contributed by atoms with Crippen LogP contribution in [0.4, 0.5) is 5.69 Å². The van der Waals surface area contributed by atoms with Crippen LogP contribution < -0.4 is 10.6 Å². The summed E-state index contributed by atoms with van der Waals surface area (Å²) in [4.78, 5) is 9.24. The molecule has 0 saturated carbocycles. The molecule has 0 atom stereocenters. The second-order valence-corrected chi connectivity index (χ2v) is 7.21. The monoisotopic (exact) mass is 446 g/mol. The third-order valence-electron chi connectivity index (χ3n) is 4.42. The molecular weight excluding hydrogens is 419 g/mol. The lowest BCUT2D eigenvalue weighted by Gasteiger charge is -2.28. The molecule has 0 bridgehead atoms. The van der Waals surface area contributed by atoms with Gasteiger partial charge in [-0.15, -0.1) is 24.0 Å². The molecule has 0 aromatic heterocycles. The highest BCUT2D eigenvalue weighted by molar-refractivity contribution is 14.0. The van der Waals surface area contributed by atoms with E-state index in [2.05, 4.69) is 39.1 Å². The first-order chi connectivity index (χ1) is 10.8. The average Bonchev–Trinajstić information content (AvgIpc) is 2.61. The molecule has 128 valence electrons. The van der Waals surface area contributed by atoms with E-state index in [9.17, 15) is 0 Å². The largest absolute Gasteiger partial charge is 0.370 e. The lowest BCUT2D eigenvalue weighted by Crippen LogP contribution is -2.40. The first-order valence-corrected chi connectivity index (χ1v) is 9.45. The second kappa shape index (κ2) is 9.61. The van der Waals surface area contributed by atoms with E-state index in [0.29, 0.717) is 12.5 Å². The van der Waals surface area contributed by atoms with Gasteiger partial charge in [0.1, 0.15) is 0 Å². The highest BCUT2D eigenvalue weighted by atomic mass is 127. The third kappa shape index (κ3) is 5.45. The van der Waals surface area contributed by atoms with Crippen LogP contribution >= 0.6 is 35.7 Å². The quantitative estimate of drug-likeness (QED) is 0.440. The second-order valence-electron chi connectivity index (χ2n) is 5.99. The molecule has 0 spiro atoms. The normalized spacial score (nSPS) is 19.4. The average molecular weight is 446 g/mol. The summed E-state index contributed by atoms with van der Waals surface area (Å²) < 4.78 is 0. The Morgan fingerprint density at radius 2 is 1.65 bits per heavy atom. The molecule has 0 radical (unpaired) electrons. The van der Waals surface area contributed by atoms with Crippen molar-refractivity contribution in [3.63, 3.8) is 0 Å². The number of thioether (sulfide) groups is 1. The van der Waals surface area contributed by atoms with Crippen LogP contribution in [0.1, 0.15) is 24.8 Å². The summed E-state index contributed by atoms with van der Waals surface area (Å²) in [5.74, 6) is 3.17. The van der Waals surface area contributed by atoms with Crippen LogP contribution in [-0.2, 0) is 6.54 Å². The van der Waals surface area contributed by atoms with Crippen molar-refractivity contribution in [3.05, 3.63) is 29.8 Å². The lowest BCUT2D eigenvalue weighted by molar-refractivity contribution is 0.338. The minimum absolute atomic E-state index is 0. The van der Waals surface area contributed by atoms with Crippen molar-refractivity contribution >= 4 is 47.4 Å². The minimum atomic E-state index is 0. The number of likely N-dealkylation sites (tertiary alicyclic amines) is 1. The molecule has 2 fully saturated rings. The minimum Gasteiger partial charge on any atom is -0.370 e. The van der Waals surface area contributed by atoms with Crippen molar-refractivity contribution in [2.75, 3.05) is 42.6 Å². The van der Waals surface area contributed by atoms with Crippen LogP contribution in [0.2, 0.25) is 0 Å². The van der Waals surface area contributed by atoms with Gasteiger partial charge in [-0.25, -0.2) is 4.99 Å². The molecule has 23 heavy (non-hydrogen) atoms. The Morgan fingerprint density at radius 1 is 1.00 bits per heavy atom. The fourth-order valence-electron chi connectivity index (χ4n) is 3.03. The van der Waals surface area contributed by atoms with Gasteiger partial charge in [0.2, 0.25) is 0 Å². The predicted molar refractivity (Wildman–Crippen MR) is 112 cm³/mol. The fraction of sp³-hybridized carbons (Fsp3) is 0.588. The van der Waals surface area contributed by atoms with Crippen LogP contribution in [0.15, 0.2) is 29.3 Å². The van der Waals surface area contributed by atoms with Gasteiger partial charge in [-0.3, -0.25) is 0 Å². The van der Waals surface area contributed by atoms with Gasteiger partial charge in [-0.2, -0.15) is 11.8 Å². The topological polar surface area (TPSA) is 44.9 Å². The maximum atomic E-state index is 6.11. The summed E-state index contributed by atoms with van der Waals surface area (Å²) in [6.07, 6.45) is 3.79. The van der Waals surface area contributed by atoms with Gasteiger partial charge in [0.05, 0.1) is 6.54 Å².